The molecule has 0 fully saturated rings. The summed E-state index contributed by atoms with van der Waals surface area (Å²) in [7, 11) is 2.48. The van der Waals surface area contributed by atoms with Crippen molar-refractivity contribution in [3.63, 3.8) is 0 Å². The molecule has 0 aliphatic carbocycles. The van der Waals surface area contributed by atoms with Crippen LogP contribution < -0.4 is 5.32 Å². The van der Waals surface area contributed by atoms with Gasteiger partial charge in [0.05, 0.1) is 11.3 Å². The third-order valence-corrected chi connectivity index (χ3v) is 5.85. The molecule has 0 aliphatic rings. The van der Waals surface area contributed by atoms with Crippen molar-refractivity contribution >= 4 is 39.8 Å². The van der Waals surface area contributed by atoms with Crippen LogP contribution in [0.3, 0.4) is 0 Å². The molecule has 1 aromatic heterocycles. The smallest absolute Gasteiger partial charge is 0.193 e. The van der Waals surface area contributed by atoms with E-state index in [-0.39, 0.29) is 24.0 Å². The van der Waals surface area contributed by atoms with Gasteiger partial charge in [0.15, 0.2) is 15.8 Å². The molecule has 1 rings (SSSR count). The maximum absolute atomic E-state index is 11.7. The summed E-state index contributed by atoms with van der Waals surface area (Å²) in [6.45, 7) is 4.43. The molecule has 8 heteroatoms. The third kappa shape index (κ3) is 5.45. The molecule has 0 amide bonds. The van der Waals surface area contributed by atoms with E-state index in [1.807, 2.05) is 41.9 Å². The summed E-state index contributed by atoms with van der Waals surface area (Å²) < 4.78 is 24.7. The van der Waals surface area contributed by atoms with E-state index in [9.17, 15) is 8.42 Å². The Hall–Kier alpha value is -0.770. The maximum atomic E-state index is 11.7. The summed E-state index contributed by atoms with van der Waals surface area (Å²) in [5.41, 5.74) is 1.16. The fourth-order valence-corrected chi connectivity index (χ4v) is 2.12. The molecule has 22 heavy (non-hydrogen) atoms. The first kappa shape index (κ1) is 21.2. The molecule has 1 aromatic rings. The van der Waals surface area contributed by atoms with Gasteiger partial charge in [0.25, 0.3) is 0 Å². The van der Waals surface area contributed by atoms with Gasteiger partial charge in [0, 0.05) is 45.8 Å². The third-order valence-electron chi connectivity index (χ3n) is 3.70. The summed E-state index contributed by atoms with van der Waals surface area (Å²) in [5.74, 6) is 0.674. The number of guanidine groups is 1. The van der Waals surface area contributed by atoms with Gasteiger partial charge in [-0.25, -0.2) is 8.42 Å². The number of rotatable bonds is 5. The zero-order chi connectivity index (χ0) is 16.3. The summed E-state index contributed by atoms with van der Waals surface area (Å²) in [5, 5.41) is 3.14. The number of hydrogen-bond acceptors (Lipinski definition) is 3. The van der Waals surface area contributed by atoms with Crippen molar-refractivity contribution in [1.82, 2.24) is 14.8 Å². The van der Waals surface area contributed by atoms with Gasteiger partial charge in [0.1, 0.15) is 0 Å². The highest BCUT2D eigenvalue weighted by atomic mass is 127. The second-order valence-electron chi connectivity index (χ2n) is 5.90. The fourth-order valence-electron chi connectivity index (χ4n) is 1.79. The van der Waals surface area contributed by atoms with Gasteiger partial charge in [-0.1, -0.05) is 0 Å². The SMILES string of the molecule is CN=C(NCC(C)(C)S(C)(=O)=O)N(C)Cc1cccn1C.I. The van der Waals surface area contributed by atoms with E-state index in [4.69, 9.17) is 0 Å². The first-order valence-electron chi connectivity index (χ1n) is 6.80. The molecule has 6 nitrogen and oxygen atoms in total. The second-order valence-corrected chi connectivity index (χ2v) is 8.55. The van der Waals surface area contributed by atoms with Crippen molar-refractivity contribution in [2.24, 2.45) is 12.0 Å². The van der Waals surface area contributed by atoms with Crippen LogP contribution in [0.2, 0.25) is 0 Å². The Kier molecular flexibility index (Phi) is 7.90. The van der Waals surface area contributed by atoms with Crippen LogP contribution in [-0.2, 0) is 23.4 Å². The average Bonchev–Trinajstić information content (AvgIpc) is 2.74. The number of aryl methyl sites for hydroxylation is 1. The number of hydrogen-bond donors (Lipinski definition) is 1. The minimum Gasteiger partial charge on any atom is -0.355 e. The monoisotopic (exact) mass is 442 g/mol. The molecule has 0 saturated carbocycles. The Morgan fingerprint density at radius 2 is 2.05 bits per heavy atom. The Morgan fingerprint density at radius 3 is 2.45 bits per heavy atom. The lowest BCUT2D eigenvalue weighted by Crippen LogP contribution is -2.48. The Labute approximate surface area is 150 Å². The minimum atomic E-state index is -3.13. The molecule has 1 heterocycles. The highest BCUT2D eigenvalue weighted by Gasteiger charge is 2.30. The van der Waals surface area contributed by atoms with Crippen molar-refractivity contribution in [2.75, 3.05) is 26.9 Å². The van der Waals surface area contributed by atoms with Crippen molar-refractivity contribution in [2.45, 2.75) is 25.1 Å². The van der Waals surface area contributed by atoms with Crippen LogP contribution in [-0.4, -0.2) is 55.5 Å². The molecular weight excluding hydrogens is 415 g/mol. The highest BCUT2D eigenvalue weighted by molar-refractivity contribution is 14.0. The summed E-state index contributed by atoms with van der Waals surface area (Å²) in [6.07, 6.45) is 3.25. The van der Waals surface area contributed by atoms with E-state index in [1.54, 1.807) is 20.9 Å². The highest BCUT2D eigenvalue weighted by Crippen LogP contribution is 2.13. The number of aliphatic imine (C=N–C) groups is 1. The van der Waals surface area contributed by atoms with Gasteiger partial charge >= 0.3 is 0 Å². The van der Waals surface area contributed by atoms with Crippen LogP contribution in [0.25, 0.3) is 0 Å². The Morgan fingerprint density at radius 1 is 1.45 bits per heavy atom. The molecule has 0 radical (unpaired) electrons. The predicted molar refractivity (Wildman–Crippen MR) is 103 cm³/mol. The van der Waals surface area contributed by atoms with Gasteiger partial charge in [-0.15, -0.1) is 24.0 Å². The van der Waals surface area contributed by atoms with Crippen molar-refractivity contribution < 1.29 is 8.42 Å². The van der Waals surface area contributed by atoms with Crippen molar-refractivity contribution in [3.8, 4) is 0 Å². The lowest BCUT2D eigenvalue weighted by Gasteiger charge is -2.27. The van der Waals surface area contributed by atoms with Gasteiger partial charge in [-0.3, -0.25) is 4.99 Å². The zero-order valence-electron chi connectivity index (χ0n) is 14.1. The standard InChI is InChI=1S/C14H26N4O2S.HI/c1-14(2,21(6,19)20)11-16-13(15-3)18(5)10-12-8-7-9-17(12)4;/h7-9H,10-11H2,1-6H3,(H,15,16);1H. The van der Waals surface area contributed by atoms with Crippen LogP contribution in [0.5, 0.6) is 0 Å². The maximum Gasteiger partial charge on any atom is 0.193 e. The molecule has 0 unspecified atom stereocenters. The second kappa shape index (κ2) is 8.19. The molecule has 0 aliphatic heterocycles. The first-order chi connectivity index (χ1) is 9.58. The number of sulfone groups is 1. The van der Waals surface area contributed by atoms with Crippen LogP contribution in [0.1, 0.15) is 19.5 Å². The van der Waals surface area contributed by atoms with Gasteiger partial charge in [0.2, 0.25) is 0 Å². The van der Waals surface area contributed by atoms with Crippen LogP contribution >= 0.6 is 24.0 Å². The predicted octanol–water partition coefficient (Wildman–Crippen LogP) is 1.47. The summed E-state index contributed by atoms with van der Waals surface area (Å²) >= 11 is 0. The summed E-state index contributed by atoms with van der Waals surface area (Å²) in [6, 6.07) is 4.04. The largest absolute Gasteiger partial charge is 0.355 e. The molecule has 0 aromatic carbocycles. The van der Waals surface area contributed by atoms with E-state index < -0.39 is 14.6 Å². The Balaban J connectivity index is 0.00000441. The zero-order valence-corrected chi connectivity index (χ0v) is 17.3. The molecule has 128 valence electrons. The number of aromatic nitrogens is 1. The topological polar surface area (TPSA) is 66.7 Å². The van der Waals surface area contributed by atoms with E-state index >= 15 is 0 Å². The quantitative estimate of drug-likeness (QED) is 0.426. The van der Waals surface area contributed by atoms with E-state index in [0.29, 0.717) is 19.0 Å². The number of nitrogens with one attached hydrogen (secondary N) is 1. The van der Waals surface area contributed by atoms with Crippen LogP contribution in [0.4, 0.5) is 0 Å². The average molecular weight is 442 g/mol. The van der Waals surface area contributed by atoms with Gasteiger partial charge in [-0.2, -0.15) is 0 Å². The van der Waals surface area contributed by atoms with E-state index in [2.05, 4.69) is 10.3 Å². The van der Waals surface area contributed by atoms with Crippen LogP contribution in [0, 0.1) is 0 Å². The first-order valence-corrected chi connectivity index (χ1v) is 8.69. The minimum absolute atomic E-state index is 0. The molecule has 0 atom stereocenters. The molecule has 1 N–H and O–H groups in total. The lowest BCUT2D eigenvalue weighted by atomic mass is 10.2. The van der Waals surface area contributed by atoms with Crippen molar-refractivity contribution in [3.05, 3.63) is 24.0 Å². The normalized spacial score (nSPS) is 12.7. The Bertz CT molecular complexity index is 608. The van der Waals surface area contributed by atoms with Gasteiger partial charge in [-0.05, 0) is 26.0 Å². The molecule has 0 spiro atoms. The molecule has 0 saturated heterocycles. The van der Waals surface area contributed by atoms with Crippen LogP contribution in [0.15, 0.2) is 23.3 Å². The fraction of sp³-hybridized carbons (Fsp3) is 0.643. The number of nitrogens with zero attached hydrogens (tertiary/aromatic N) is 3. The van der Waals surface area contributed by atoms with E-state index in [1.165, 1.54) is 6.26 Å². The molecule has 0 bridgehead atoms. The molecular formula is C14H27IN4O2S. The number of halogens is 1. The lowest BCUT2D eigenvalue weighted by molar-refractivity contribution is 0.455. The van der Waals surface area contributed by atoms with E-state index in [0.717, 1.165) is 5.69 Å². The summed E-state index contributed by atoms with van der Waals surface area (Å²) in [4.78, 5) is 6.18. The van der Waals surface area contributed by atoms with Gasteiger partial charge < -0.3 is 14.8 Å². The van der Waals surface area contributed by atoms with Crippen molar-refractivity contribution in [1.29, 1.82) is 0 Å².